The molecule has 0 aliphatic carbocycles. The number of rotatable bonds is 4. The van der Waals surface area contributed by atoms with E-state index in [1.165, 1.54) is 6.07 Å². The number of alkyl halides is 6. The van der Waals surface area contributed by atoms with Crippen molar-refractivity contribution in [2.75, 3.05) is 5.32 Å². The molecule has 2 amide bonds. The van der Waals surface area contributed by atoms with Crippen molar-refractivity contribution in [3.05, 3.63) is 93.3 Å². The molecule has 208 valence electrons. The highest BCUT2D eigenvalue weighted by molar-refractivity contribution is 6.31. The van der Waals surface area contributed by atoms with Crippen molar-refractivity contribution in [3.63, 3.8) is 0 Å². The molecular formula is C25H13ClF8N4O2. The van der Waals surface area contributed by atoms with Crippen LogP contribution in [0.25, 0.3) is 11.0 Å². The summed E-state index contributed by atoms with van der Waals surface area (Å²) in [6, 6.07) is 4.11. The summed E-state index contributed by atoms with van der Waals surface area (Å²) < 4.78 is 108. The highest BCUT2D eigenvalue weighted by atomic mass is 35.5. The van der Waals surface area contributed by atoms with E-state index in [0.717, 1.165) is 24.5 Å². The van der Waals surface area contributed by atoms with E-state index in [4.69, 9.17) is 11.6 Å². The largest absolute Gasteiger partial charge is 0.416 e. The molecule has 0 spiro atoms. The number of carbonyl (C=O) groups is 2. The molecule has 0 bridgehead atoms. The molecule has 1 aliphatic heterocycles. The number of anilines is 1. The third-order valence-electron chi connectivity index (χ3n) is 6.10. The zero-order valence-electron chi connectivity index (χ0n) is 19.5. The number of nitrogens with zero attached hydrogens (tertiary/aromatic N) is 2. The molecule has 0 radical (unpaired) electrons. The minimum absolute atomic E-state index is 0.0144. The van der Waals surface area contributed by atoms with Gasteiger partial charge in [-0.1, -0.05) is 11.6 Å². The molecule has 6 nitrogen and oxygen atoms in total. The SMILES string of the molecule is O=C(Nc1cc2c(ncn2CC(F)(F)F)c2c1[C@H](c1cc(F)ccc1Cl)NC2=O)c1cc(F)cc(C(F)(F)F)c1. The molecule has 1 aromatic heterocycles. The van der Waals surface area contributed by atoms with Gasteiger partial charge in [-0.25, -0.2) is 13.8 Å². The molecule has 0 unspecified atom stereocenters. The van der Waals surface area contributed by atoms with Crippen LogP contribution in [-0.2, 0) is 12.7 Å². The Morgan fingerprint density at radius 3 is 2.42 bits per heavy atom. The molecule has 5 rings (SSSR count). The Morgan fingerprint density at radius 2 is 1.75 bits per heavy atom. The summed E-state index contributed by atoms with van der Waals surface area (Å²) in [4.78, 5) is 30.0. The zero-order chi connectivity index (χ0) is 29.1. The Bertz CT molecular complexity index is 1700. The molecule has 40 heavy (non-hydrogen) atoms. The van der Waals surface area contributed by atoms with Crippen LogP contribution in [0.2, 0.25) is 5.02 Å². The molecule has 2 N–H and O–H groups in total. The standard InChI is InChI=1S/C25H13ClF8N4O2/c26-15-2-1-12(27)6-14(15)20-18-16(36-22(39)10-3-11(25(32,33)34)5-13(28)4-10)7-17-21(19(18)23(40)37-20)35-9-38(17)8-24(29,30)31/h1-7,9,20H,8H2,(H,36,39)(H,37,40)/t20-/m0/s1. The van der Waals surface area contributed by atoms with Crippen molar-refractivity contribution in [3.8, 4) is 0 Å². The average Bonchev–Trinajstić information content (AvgIpc) is 3.39. The second kappa shape index (κ2) is 9.47. The Labute approximate surface area is 223 Å². The number of amides is 2. The third-order valence-corrected chi connectivity index (χ3v) is 6.45. The molecule has 4 aromatic rings. The molecular weight excluding hydrogens is 576 g/mol. The number of halogens is 9. The van der Waals surface area contributed by atoms with Gasteiger partial charge < -0.3 is 15.2 Å². The number of fused-ring (bicyclic) bond motifs is 3. The maximum absolute atomic E-state index is 14.1. The fourth-order valence-corrected chi connectivity index (χ4v) is 4.71. The number of carbonyl (C=O) groups excluding carboxylic acids is 2. The third kappa shape index (κ3) is 5.06. The van der Waals surface area contributed by atoms with E-state index in [9.17, 15) is 44.7 Å². The minimum Gasteiger partial charge on any atom is -0.341 e. The first-order chi connectivity index (χ1) is 18.6. The number of aromatic nitrogens is 2. The van der Waals surface area contributed by atoms with Gasteiger partial charge in [0, 0.05) is 27.4 Å². The van der Waals surface area contributed by atoms with Crippen molar-refractivity contribution in [1.29, 1.82) is 0 Å². The van der Waals surface area contributed by atoms with Gasteiger partial charge in [0.1, 0.15) is 23.7 Å². The van der Waals surface area contributed by atoms with Gasteiger partial charge in [0.25, 0.3) is 11.8 Å². The summed E-state index contributed by atoms with van der Waals surface area (Å²) >= 11 is 6.22. The van der Waals surface area contributed by atoms with Gasteiger partial charge in [0.05, 0.1) is 29.0 Å². The van der Waals surface area contributed by atoms with E-state index in [1.54, 1.807) is 0 Å². The quantitative estimate of drug-likeness (QED) is 0.263. The van der Waals surface area contributed by atoms with E-state index in [0.29, 0.717) is 16.7 Å². The van der Waals surface area contributed by atoms with Crippen LogP contribution in [0.5, 0.6) is 0 Å². The molecule has 2 heterocycles. The van der Waals surface area contributed by atoms with Crippen molar-refractivity contribution < 1.29 is 44.7 Å². The zero-order valence-corrected chi connectivity index (χ0v) is 20.3. The normalized spacial score (nSPS) is 15.3. The monoisotopic (exact) mass is 588 g/mol. The highest BCUT2D eigenvalue weighted by Crippen LogP contribution is 2.43. The number of benzene rings is 3. The van der Waals surface area contributed by atoms with E-state index < -0.39 is 59.5 Å². The van der Waals surface area contributed by atoms with Gasteiger partial charge in [-0.05, 0) is 42.5 Å². The van der Waals surface area contributed by atoms with Crippen LogP contribution in [-0.4, -0.2) is 27.5 Å². The second-order valence-electron chi connectivity index (χ2n) is 8.82. The number of imidazole rings is 1. The summed E-state index contributed by atoms with van der Waals surface area (Å²) in [6.45, 7) is -1.52. The van der Waals surface area contributed by atoms with Crippen LogP contribution >= 0.6 is 11.6 Å². The summed E-state index contributed by atoms with van der Waals surface area (Å²) in [6.07, 6.45) is -8.87. The lowest BCUT2D eigenvalue weighted by molar-refractivity contribution is -0.140. The van der Waals surface area contributed by atoms with Crippen molar-refractivity contribution >= 4 is 40.1 Å². The first kappa shape index (κ1) is 27.4. The molecule has 0 saturated heterocycles. The molecule has 0 saturated carbocycles. The minimum atomic E-state index is -4.99. The molecule has 1 atom stereocenters. The summed E-state index contributed by atoms with van der Waals surface area (Å²) in [5, 5.41) is 4.78. The van der Waals surface area contributed by atoms with Crippen LogP contribution in [0, 0.1) is 11.6 Å². The Balaban J connectivity index is 1.70. The topological polar surface area (TPSA) is 76.0 Å². The lowest BCUT2D eigenvalue weighted by atomic mass is 9.95. The summed E-state index contributed by atoms with van der Waals surface area (Å²) in [7, 11) is 0. The average molecular weight is 589 g/mol. The summed E-state index contributed by atoms with van der Waals surface area (Å²) in [5.74, 6) is -4.23. The lowest BCUT2D eigenvalue weighted by Gasteiger charge is -2.19. The van der Waals surface area contributed by atoms with E-state index >= 15 is 0 Å². The predicted molar refractivity (Wildman–Crippen MR) is 126 cm³/mol. The van der Waals surface area contributed by atoms with Crippen LogP contribution in [0.3, 0.4) is 0 Å². The van der Waals surface area contributed by atoms with Gasteiger partial charge >= 0.3 is 12.4 Å². The maximum atomic E-state index is 14.1. The Morgan fingerprint density at radius 1 is 1.02 bits per heavy atom. The van der Waals surface area contributed by atoms with Gasteiger partial charge in [0.15, 0.2) is 0 Å². The predicted octanol–water partition coefficient (Wildman–Crippen LogP) is 6.63. The second-order valence-corrected chi connectivity index (χ2v) is 9.23. The Hall–Kier alpha value is -4.20. The van der Waals surface area contributed by atoms with Crippen LogP contribution in [0.1, 0.15) is 43.4 Å². The van der Waals surface area contributed by atoms with Gasteiger partial charge in [-0.15, -0.1) is 0 Å². The smallest absolute Gasteiger partial charge is 0.341 e. The molecule has 1 aliphatic rings. The van der Waals surface area contributed by atoms with Crippen LogP contribution < -0.4 is 10.6 Å². The van der Waals surface area contributed by atoms with E-state index in [1.807, 2.05) is 0 Å². The lowest BCUT2D eigenvalue weighted by Crippen LogP contribution is -2.21. The van der Waals surface area contributed by atoms with Gasteiger partial charge in [-0.3, -0.25) is 9.59 Å². The van der Waals surface area contributed by atoms with Crippen LogP contribution in [0.15, 0.2) is 48.8 Å². The number of hydrogen-bond acceptors (Lipinski definition) is 3. The fraction of sp³-hybridized carbons (Fsp3) is 0.160. The Kier molecular flexibility index (Phi) is 6.48. The maximum Gasteiger partial charge on any atom is 0.416 e. The van der Waals surface area contributed by atoms with Gasteiger partial charge in [-0.2, -0.15) is 26.3 Å². The molecule has 3 aromatic carbocycles. The van der Waals surface area contributed by atoms with Crippen molar-refractivity contribution in [1.82, 2.24) is 14.9 Å². The number of nitrogens with one attached hydrogen (secondary N) is 2. The van der Waals surface area contributed by atoms with Gasteiger partial charge in [0.2, 0.25) is 0 Å². The van der Waals surface area contributed by atoms with Crippen molar-refractivity contribution in [2.24, 2.45) is 0 Å². The van der Waals surface area contributed by atoms with Crippen LogP contribution in [0.4, 0.5) is 40.8 Å². The number of hydrogen-bond donors (Lipinski definition) is 2. The fourth-order valence-electron chi connectivity index (χ4n) is 4.49. The first-order valence-corrected chi connectivity index (χ1v) is 11.5. The first-order valence-electron chi connectivity index (χ1n) is 11.2. The highest BCUT2D eigenvalue weighted by Gasteiger charge is 2.38. The van der Waals surface area contributed by atoms with Crippen molar-refractivity contribution in [2.45, 2.75) is 24.9 Å². The molecule has 0 fully saturated rings. The molecule has 15 heteroatoms. The summed E-state index contributed by atoms with van der Waals surface area (Å²) in [5.41, 5.74) is -3.30. The van der Waals surface area contributed by atoms with E-state index in [2.05, 4.69) is 15.6 Å². The van der Waals surface area contributed by atoms with E-state index in [-0.39, 0.29) is 44.5 Å².